The molecule has 0 aromatic carbocycles. The van der Waals surface area contributed by atoms with E-state index in [0.29, 0.717) is 12.8 Å². The summed E-state index contributed by atoms with van der Waals surface area (Å²) in [6.45, 7) is 3.88. The van der Waals surface area contributed by atoms with Crippen LogP contribution in [-0.4, -0.2) is 36.4 Å². The van der Waals surface area contributed by atoms with Gasteiger partial charge in [0.25, 0.3) is 0 Å². The molecule has 360 valence electrons. The molecule has 1 atom stereocenters. The molecule has 0 fully saturated rings. The van der Waals surface area contributed by atoms with Crippen molar-refractivity contribution in [3.05, 3.63) is 134 Å². The van der Waals surface area contributed by atoms with Gasteiger partial charge in [0, 0.05) is 12.8 Å². The standard InChI is InChI=1S/C59H94O5/c1-3-5-7-9-11-13-15-17-19-21-23-25-26-27-28-29-30-31-32-34-36-38-40-42-44-46-48-50-52-54-59(62)64-57(55-60)56-63-58(61)53-51-49-47-45-43-41-39-37-35-33-24-22-20-18-16-14-12-10-8-6-4-2/h5-8,11-14,17-20,23-25,27-28,30-31,33,37,39,57,60H,3-4,9-10,15-16,21-22,26,29,32,34-36,38,40-56H2,1-2H3/b7-5-,8-6-,13-11-,14-12-,19-17-,20-18-,25-23-,28-27-,31-30-,33-24-,39-37-. The molecule has 0 saturated heterocycles. The van der Waals surface area contributed by atoms with Gasteiger partial charge in [-0.05, 0) is 109 Å². The van der Waals surface area contributed by atoms with E-state index in [9.17, 15) is 14.7 Å². The Morgan fingerprint density at radius 3 is 0.938 bits per heavy atom. The third-order valence-electron chi connectivity index (χ3n) is 10.4. The SMILES string of the molecule is CC/C=C\C/C=C\C/C=C\C/C=C\C/C=C\C/C=C\CCCCCCCCCCCCC(=O)OC(CO)COC(=O)CCCCCCC/C=C\C/C=C\C/C=C\C/C=C\C/C=C\CC. The Kier molecular flexibility index (Phi) is 50.1. The zero-order valence-electron chi connectivity index (χ0n) is 41.0. The van der Waals surface area contributed by atoms with E-state index in [4.69, 9.17) is 9.47 Å². The van der Waals surface area contributed by atoms with Crippen LogP contribution in [0.5, 0.6) is 0 Å². The fourth-order valence-electron chi connectivity index (χ4n) is 6.64. The van der Waals surface area contributed by atoms with E-state index in [1.165, 1.54) is 51.4 Å². The molecule has 0 aliphatic rings. The lowest BCUT2D eigenvalue weighted by Crippen LogP contribution is -2.28. The molecule has 0 rings (SSSR count). The van der Waals surface area contributed by atoms with E-state index in [-0.39, 0.29) is 25.2 Å². The molecule has 0 aromatic rings. The molecule has 0 spiro atoms. The molecule has 1 unspecified atom stereocenters. The van der Waals surface area contributed by atoms with Crippen molar-refractivity contribution < 1.29 is 24.2 Å². The number of aliphatic hydroxyl groups is 1. The zero-order chi connectivity index (χ0) is 46.3. The van der Waals surface area contributed by atoms with Gasteiger partial charge in [0.1, 0.15) is 6.61 Å². The summed E-state index contributed by atoms with van der Waals surface area (Å²) in [5, 5.41) is 9.63. The van der Waals surface area contributed by atoms with Gasteiger partial charge < -0.3 is 14.6 Å². The Bertz CT molecular complexity index is 1370. The Balaban J connectivity index is 3.61. The first-order valence-electron chi connectivity index (χ1n) is 25.7. The van der Waals surface area contributed by atoms with Crippen LogP contribution < -0.4 is 0 Å². The van der Waals surface area contributed by atoms with Crippen LogP contribution in [0.4, 0.5) is 0 Å². The highest BCUT2D eigenvalue weighted by Gasteiger charge is 2.16. The van der Waals surface area contributed by atoms with Gasteiger partial charge in [0.15, 0.2) is 6.10 Å². The largest absolute Gasteiger partial charge is 0.462 e. The molecule has 0 aliphatic heterocycles. The first kappa shape index (κ1) is 60.0. The summed E-state index contributed by atoms with van der Waals surface area (Å²) in [5.74, 6) is -0.627. The minimum atomic E-state index is -0.793. The number of aliphatic hydroxyl groups excluding tert-OH is 1. The summed E-state index contributed by atoms with van der Waals surface area (Å²) in [4.78, 5) is 24.5. The summed E-state index contributed by atoms with van der Waals surface area (Å²) in [5.41, 5.74) is 0. The number of allylic oxidation sites excluding steroid dienone is 22. The molecule has 5 heteroatoms. The van der Waals surface area contributed by atoms with E-state index < -0.39 is 6.10 Å². The van der Waals surface area contributed by atoms with Crippen LogP contribution in [0.25, 0.3) is 0 Å². The van der Waals surface area contributed by atoms with E-state index in [2.05, 4.69) is 148 Å². The van der Waals surface area contributed by atoms with Gasteiger partial charge >= 0.3 is 11.9 Å². The maximum Gasteiger partial charge on any atom is 0.306 e. The number of esters is 2. The van der Waals surface area contributed by atoms with Gasteiger partial charge in [-0.2, -0.15) is 0 Å². The average Bonchev–Trinajstić information content (AvgIpc) is 3.30. The first-order chi connectivity index (χ1) is 31.6. The second-order valence-corrected chi connectivity index (χ2v) is 16.5. The topological polar surface area (TPSA) is 72.8 Å². The molecule has 1 N–H and O–H groups in total. The van der Waals surface area contributed by atoms with Gasteiger partial charge in [-0.1, -0.05) is 218 Å². The quantitative estimate of drug-likeness (QED) is 0.0375. The monoisotopic (exact) mass is 883 g/mol. The molecule has 5 nitrogen and oxygen atoms in total. The van der Waals surface area contributed by atoms with E-state index in [0.717, 1.165) is 128 Å². The van der Waals surface area contributed by atoms with Crippen molar-refractivity contribution in [2.24, 2.45) is 0 Å². The van der Waals surface area contributed by atoms with Gasteiger partial charge in [-0.3, -0.25) is 9.59 Å². The number of hydrogen-bond donors (Lipinski definition) is 1. The maximum absolute atomic E-state index is 12.3. The molecule has 0 aliphatic carbocycles. The van der Waals surface area contributed by atoms with Crippen LogP contribution in [0.3, 0.4) is 0 Å². The van der Waals surface area contributed by atoms with Gasteiger partial charge in [-0.25, -0.2) is 0 Å². The molecule has 64 heavy (non-hydrogen) atoms. The number of hydrogen-bond acceptors (Lipinski definition) is 5. The Morgan fingerprint density at radius 1 is 0.359 bits per heavy atom. The van der Waals surface area contributed by atoms with Crippen LogP contribution in [0.15, 0.2) is 134 Å². The van der Waals surface area contributed by atoms with Gasteiger partial charge in [0.2, 0.25) is 0 Å². The average molecular weight is 883 g/mol. The van der Waals surface area contributed by atoms with E-state index in [1.807, 2.05) is 0 Å². The first-order valence-corrected chi connectivity index (χ1v) is 25.7. The van der Waals surface area contributed by atoms with Crippen molar-refractivity contribution in [3.63, 3.8) is 0 Å². The van der Waals surface area contributed by atoms with Gasteiger partial charge in [0.05, 0.1) is 6.61 Å². The molecule has 0 amide bonds. The van der Waals surface area contributed by atoms with E-state index >= 15 is 0 Å². The van der Waals surface area contributed by atoms with Crippen LogP contribution in [0.1, 0.15) is 206 Å². The van der Waals surface area contributed by atoms with Crippen molar-refractivity contribution in [1.82, 2.24) is 0 Å². The smallest absolute Gasteiger partial charge is 0.306 e. The Morgan fingerprint density at radius 2 is 0.625 bits per heavy atom. The summed E-state index contributed by atoms with van der Waals surface area (Å²) < 4.78 is 10.7. The van der Waals surface area contributed by atoms with Crippen molar-refractivity contribution in [1.29, 1.82) is 0 Å². The van der Waals surface area contributed by atoms with Crippen molar-refractivity contribution in [3.8, 4) is 0 Å². The predicted octanol–water partition coefficient (Wildman–Crippen LogP) is 17.3. The molecule has 0 saturated carbocycles. The number of rotatable bonds is 45. The summed E-state index contributed by atoms with van der Waals surface area (Å²) in [6.07, 6.45) is 79.6. The van der Waals surface area contributed by atoms with Crippen molar-refractivity contribution in [2.75, 3.05) is 13.2 Å². The van der Waals surface area contributed by atoms with Crippen LogP contribution in [-0.2, 0) is 19.1 Å². The number of carbonyl (C=O) groups is 2. The molecular weight excluding hydrogens is 789 g/mol. The molecule has 0 radical (unpaired) electrons. The van der Waals surface area contributed by atoms with Crippen LogP contribution in [0.2, 0.25) is 0 Å². The minimum Gasteiger partial charge on any atom is -0.462 e. The molecular formula is C59H94O5. The van der Waals surface area contributed by atoms with E-state index in [1.54, 1.807) is 0 Å². The molecule has 0 bridgehead atoms. The summed E-state index contributed by atoms with van der Waals surface area (Å²) in [6, 6.07) is 0. The fourth-order valence-corrected chi connectivity index (χ4v) is 6.64. The highest BCUT2D eigenvalue weighted by Crippen LogP contribution is 2.14. The normalized spacial score (nSPS) is 13.4. The summed E-state index contributed by atoms with van der Waals surface area (Å²) in [7, 11) is 0. The minimum absolute atomic E-state index is 0.0865. The number of unbranched alkanes of at least 4 members (excludes halogenated alkanes) is 15. The third-order valence-corrected chi connectivity index (χ3v) is 10.4. The lowest BCUT2D eigenvalue weighted by atomic mass is 10.0. The lowest BCUT2D eigenvalue weighted by molar-refractivity contribution is -0.161. The van der Waals surface area contributed by atoms with Crippen molar-refractivity contribution in [2.45, 2.75) is 213 Å². The second-order valence-electron chi connectivity index (χ2n) is 16.5. The van der Waals surface area contributed by atoms with Crippen LogP contribution in [0, 0.1) is 0 Å². The molecule has 0 heterocycles. The lowest BCUT2D eigenvalue weighted by Gasteiger charge is -2.15. The van der Waals surface area contributed by atoms with Gasteiger partial charge in [-0.15, -0.1) is 0 Å². The second kappa shape index (κ2) is 53.4. The maximum atomic E-state index is 12.3. The summed E-state index contributed by atoms with van der Waals surface area (Å²) >= 11 is 0. The Labute approximate surface area is 394 Å². The Hall–Kier alpha value is -3.96. The fraction of sp³-hybridized carbons (Fsp3) is 0.593. The number of ether oxygens (including phenoxy) is 2. The van der Waals surface area contributed by atoms with Crippen LogP contribution >= 0.6 is 0 Å². The highest BCUT2D eigenvalue weighted by atomic mass is 16.6. The molecule has 0 aromatic heterocycles. The highest BCUT2D eigenvalue weighted by molar-refractivity contribution is 5.70. The third kappa shape index (κ3) is 50.7. The number of carbonyl (C=O) groups excluding carboxylic acids is 2. The predicted molar refractivity (Wildman–Crippen MR) is 278 cm³/mol. The van der Waals surface area contributed by atoms with Crippen molar-refractivity contribution >= 4 is 11.9 Å². The zero-order valence-corrected chi connectivity index (χ0v) is 41.0.